The highest BCUT2D eigenvalue weighted by Gasteiger charge is 2.27. The van der Waals surface area contributed by atoms with Crippen LogP contribution in [0, 0.1) is 6.92 Å². The Balaban J connectivity index is 1.30. The van der Waals surface area contributed by atoms with E-state index in [0.29, 0.717) is 18.1 Å². The predicted octanol–water partition coefficient (Wildman–Crippen LogP) is 2.66. The first kappa shape index (κ1) is 24.0. The Morgan fingerprint density at radius 2 is 1.79 bits per heavy atom. The van der Waals surface area contributed by atoms with Crippen LogP contribution in [0.3, 0.4) is 0 Å². The van der Waals surface area contributed by atoms with Gasteiger partial charge >= 0.3 is 0 Å². The van der Waals surface area contributed by atoms with Gasteiger partial charge in [0, 0.05) is 56.8 Å². The summed E-state index contributed by atoms with van der Waals surface area (Å²) in [6, 6.07) is 9.37. The molecule has 1 aromatic heterocycles. The highest BCUT2D eigenvalue weighted by molar-refractivity contribution is 7.99. The number of anilines is 2. The first-order chi connectivity index (χ1) is 15.8. The molecule has 2 saturated heterocycles. The number of hydrogen-bond acceptors (Lipinski definition) is 7. The van der Waals surface area contributed by atoms with Gasteiger partial charge in [-0.3, -0.25) is 4.79 Å². The Bertz CT molecular complexity index is 1080. The van der Waals surface area contributed by atoms with E-state index in [1.807, 2.05) is 20.0 Å². The highest BCUT2D eigenvalue weighted by atomic mass is 32.2. The molecule has 0 bridgehead atoms. The minimum absolute atomic E-state index is 0.118. The van der Waals surface area contributed by atoms with Crippen molar-refractivity contribution >= 4 is 39.1 Å². The number of thioether (sulfide) groups is 1. The van der Waals surface area contributed by atoms with Crippen molar-refractivity contribution in [3.8, 4) is 0 Å². The van der Waals surface area contributed by atoms with E-state index in [-0.39, 0.29) is 16.6 Å². The molecule has 8 nitrogen and oxygen atoms in total. The van der Waals surface area contributed by atoms with Gasteiger partial charge in [0.1, 0.15) is 4.90 Å². The minimum Gasteiger partial charge on any atom is -0.372 e. The van der Waals surface area contributed by atoms with E-state index in [4.69, 9.17) is 0 Å². The smallest absolute Gasteiger partial charge is 0.244 e. The van der Waals surface area contributed by atoms with Crippen LogP contribution >= 0.6 is 11.8 Å². The molecule has 0 aliphatic carbocycles. The molecule has 4 rings (SSSR count). The number of nitrogens with one attached hydrogen (secondary N) is 1. The van der Waals surface area contributed by atoms with Crippen LogP contribution in [0.15, 0.2) is 46.5 Å². The number of likely N-dealkylation sites (N-methyl/N-ethyl adjacent to an activating group) is 1. The number of hydrogen-bond donors (Lipinski definition) is 1. The molecule has 2 aliphatic rings. The maximum absolute atomic E-state index is 12.8. The van der Waals surface area contributed by atoms with Crippen molar-refractivity contribution in [3.63, 3.8) is 0 Å². The lowest BCUT2D eigenvalue weighted by molar-refractivity contribution is -0.113. The number of carbonyl (C=O) groups is 1. The first-order valence-electron chi connectivity index (χ1n) is 11.3. The van der Waals surface area contributed by atoms with Gasteiger partial charge in [0.2, 0.25) is 15.9 Å². The molecular formula is C23H31N5O3S2. The zero-order chi connectivity index (χ0) is 23.4. The van der Waals surface area contributed by atoms with E-state index in [2.05, 4.69) is 32.2 Å². The van der Waals surface area contributed by atoms with Crippen LogP contribution < -0.4 is 10.2 Å². The number of aromatic nitrogens is 1. The topological polar surface area (TPSA) is 85.8 Å². The molecule has 1 aromatic carbocycles. The molecule has 2 aromatic rings. The third-order valence-corrected chi connectivity index (χ3v) is 8.94. The van der Waals surface area contributed by atoms with Crippen molar-refractivity contribution in [2.45, 2.75) is 29.7 Å². The molecule has 178 valence electrons. The summed E-state index contributed by atoms with van der Waals surface area (Å²) in [5.41, 5.74) is 3.05. The van der Waals surface area contributed by atoms with E-state index in [9.17, 15) is 13.2 Å². The quantitative estimate of drug-likeness (QED) is 0.599. The number of carbonyl (C=O) groups excluding carboxylic acids is 1. The third kappa shape index (κ3) is 5.87. The van der Waals surface area contributed by atoms with Gasteiger partial charge in [0.15, 0.2) is 0 Å². The van der Waals surface area contributed by atoms with Crippen molar-refractivity contribution in [2.75, 3.05) is 62.3 Å². The van der Waals surface area contributed by atoms with E-state index in [1.54, 1.807) is 12.1 Å². The van der Waals surface area contributed by atoms with Crippen LogP contribution in [-0.2, 0) is 14.8 Å². The maximum Gasteiger partial charge on any atom is 0.244 e. The highest BCUT2D eigenvalue weighted by Crippen LogP contribution is 2.26. The standard InChI is InChI=1S/C23H31N5O3S2/c1-18-15-19(27-9-3-4-10-27)5-7-21(18)25-22(29)17-32-23-8-6-20(16-24-23)33(30,31)28-13-11-26(2)12-14-28/h5-8,15-16H,3-4,9-14,17H2,1-2H3,(H,25,29). The Morgan fingerprint density at radius 3 is 2.42 bits per heavy atom. The van der Waals surface area contributed by atoms with Gasteiger partial charge in [-0.25, -0.2) is 13.4 Å². The number of rotatable bonds is 7. The van der Waals surface area contributed by atoms with Crippen molar-refractivity contribution in [3.05, 3.63) is 42.1 Å². The average Bonchev–Trinajstić information content (AvgIpc) is 3.35. The number of benzene rings is 1. The Hall–Kier alpha value is -2.14. The molecule has 3 heterocycles. The lowest BCUT2D eigenvalue weighted by Gasteiger charge is -2.31. The fourth-order valence-electron chi connectivity index (χ4n) is 4.07. The summed E-state index contributed by atoms with van der Waals surface area (Å²) in [5, 5.41) is 3.58. The van der Waals surface area contributed by atoms with Crippen LogP contribution in [0.2, 0.25) is 0 Å². The second kappa shape index (κ2) is 10.4. The summed E-state index contributed by atoms with van der Waals surface area (Å²) in [4.78, 5) is 21.4. The van der Waals surface area contributed by atoms with E-state index < -0.39 is 10.0 Å². The lowest BCUT2D eigenvalue weighted by atomic mass is 10.1. The fourth-order valence-corrected chi connectivity index (χ4v) is 6.08. The molecule has 0 atom stereocenters. The molecule has 0 saturated carbocycles. The van der Waals surface area contributed by atoms with Crippen molar-refractivity contribution in [1.29, 1.82) is 0 Å². The van der Waals surface area contributed by atoms with Gasteiger partial charge < -0.3 is 15.1 Å². The van der Waals surface area contributed by atoms with Crippen LogP contribution in [0.25, 0.3) is 0 Å². The van der Waals surface area contributed by atoms with Crippen LogP contribution in [-0.4, -0.2) is 80.6 Å². The van der Waals surface area contributed by atoms with Gasteiger partial charge in [-0.2, -0.15) is 4.31 Å². The van der Waals surface area contributed by atoms with Gasteiger partial charge in [0.05, 0.1) is 10.8 Å². The summed E-state index contributed by atoms with van der Waals surface area (Å²) in [5.74, 6) is 0.0816. The molecule has 1 amide bonds. The maximum atomic E-state index is 12.8. The van der Waals surface area contributed by atoms with E-state index in [0.717, 1.165) is 37.4 Å². The van der Waals surface area contributed by atoms with Crippen molar-refractivity contribution in [2.24, 2.45) is 0 Å². The predicted molar refractivity (Wildman–Crippen MR) is 132 cm³/mol. The molecule has 0 spiro atoms. The van der Waals surface area contributed by atoms with E-state index in [1.165, 1.54) is 40.8 Å². The average molecular weight is 490 g/mol. The van der Waals surface area contributed by atoms with Crippen molar-refractivity contribution in [1.82, 2.24) is 14.2 Å². The number of pyridine rings is 1. The second-order valence-corrected chi connectivity index (χ2v) is 11.5. The Kier molecular flexibility index (Phi) is 7.58. The number of aryl methyl sites for hydroxylation is 1. The summed E-state index contributed by atoms with van der Waals surface area (Å²) in [6.07, 6.45) is 3.84. The molecule has 2 fully saturated rings. The van der Waals surface area contributed by atoms with Crippen LogP contribution in [0.5, 0.6) is 0 Å². The summed E-state index contributed by atoms with van der Waals surface area (Å²) >= 11 is 1.29. The summed E-state index contributed by atoms with van der Waals surface area (Å²) in [6.45, 7) is 6.58. The fraction of sp³-hybridized carbons (Fsp3) is 0.478. The van der Waals surface area contributed by atoms with Gasteiger partial charge in [-0.05, 0) is 62.7 Å². The zero-order valence-electron chi connectivity index (χ0n) is 19.2. The number of sulfonamides is 1. The van der Waals surface area contributed by atoms with Crippen LogP contribution in [0.1, 0.15) is 18.4 Å². The summed E-state index contributed by atoms with van der Waals surface area (Å²) < 4.78 is 27.1. The molecule has 0 unspecified atom stereocenters. The zero-order valence-corrected chi connectivity index (χ0v) is 20.8. The summed E-state index contributed by atoms with van der Waals surface area (Å²) in [7, 11) is -1.55. The normalized spacial score (nSPS) is 17.9. The van der Waals surface area contributed by atoms with E-state index >= 15 is 0 Å². The minimum atomic E-state index is -3.54. The van der Waals surface area contributed by atoms with Crippen LogP contribution in [0.4, 0.5) is 11.4 Å². The largest absolute Gasteiger partial charge is 0.372 e. The van der Waals surface area contributed by atoms with Gasteiger partial charge in [0.25, 0.3) is 0 Å². The Labute approximate surface area is 200 Å². The monoisotopic (exact) mass is 489 g/mol. The number of piperazine rings is 1. The molecule has 2 aliphatic heterocycles. The van der Waals surface area contributed by atoms with Gasteiger partial charge in [-0.15, -0.1) is 0 Å². The third-order valence-electron chi connectivity index (χ3n) is 6.12. The molecular weight excluding hydrogens is 458 g/mol. The first-order valence-corrected chi connectivity index (χ1v) is 13.7. The molecule has 10 heteroatoms. The lowest BCUT2D eigenvalue weighted by Crippen LogP contribution is -2.47. The van der Waals surface area contributed by atoms with Crippen molar-refractivity contribution < 1.29 is 13.2 Å². The Morgan fingerprint density at radius 1 is 1.06 bits per heavy atom. The molecule has 1 N–H and O–H groups in total. The van der Waals surface area contributed by atoms with Gasteiger partial charge in [-0.1, -0.05) is 11.8 Å². The number of amides is 1. The molecule has 0 radical (unpaired) electrons. The SMILES string of the molecule is Cc1cc(N2CCCC2)ccc1NC(=O)CSc1ccc(S(=O)(=O)N2CCN(C)CC2)cn1. The molecule has 33 heavy (non-hydrogen) atoms. The number of nitrogens with zero attached hydrogens (tertiary/aromatic N) is 4. The second-order valence-electron chi connectivity index (χ2n) is 8.57.